The molecule has 304 valence electrons. The van der Waals surface area contributed by atoms with Crippen LogP contribution < -0.4 is 15.4 Å². The van der Waals surface area contributed by atoms with E-state index in [1.807, 2.05) is 97.3 Å². The highest BCUT2D eigenvalue weighted by molar-refractivity contribution is 7.89. The molecule has 10 nitrogen and oxygen atoms in total. The van der Waals surface area contributed by atoms with E-state index in [2.05, 4.69) is 32.5 Å². The van der Waals surface area contributed by atoms with Crippen molar-refractivity contribution in [1.29, 1.82) is 0 Å². The summed E-state index contributed by atoms with van der Waals surface area (Å²) in [6.07, 6.45) is 9.80. The van der Waals surface area contributed by atoms with Crippen molar-refractivity contribution in [2.45, 2.75) is 86.6 Å². The molecule has 0 spiro atoms. The Morgan fingerprint density at radius 3 is 1.88 bits per heavy atom. The normalized spacial score (nSPS) is 16.7. The third-order valence-corrected chi connectivity index (χ3v) is 14.7. The van der Waals surface area contributed by atoms with Gasteiger partial charge in [0.1, 0.15) is 0 Å². The molecule has 8 rings (SSSR count). The smallest absolute Gasteiger partial charge is 0.243 e. The standard InChI is InChI=1S/C47H50N6O4S2/c1-53(33-37-8-3-2-4-9-37)59(56,57)41-25-19-35(20-26-41)31-51-45-14-6-12-43-42(27-29-49-47(43)45)38-21-15-36(16-22-38)32-52-58(54,55)40-23-17-34(18-24-40)30-50-44-13-5-10-39-11-7-28-48-46(39)44/h2-4,7-9,11,15-29,44-45,50-52H,5-6,10,12-14,30-33H2,1H3. The number of hydrogen-bond acceptors (Lipinski definition) is 8. The summed E-state index contributed by atoms with van der Waals surface area (Å²) >= 11 is 0. The molecule has 0 bridgehead atoms. The lowest BCUT2D eigenvalue weighted by Gasteiger charge is -2.27. The second-order valence-corrected chi connectivity index (χ2v) is 19.3. The Labute approximate surface area is 348 Å². The van der Waals surface area contributed by atoms with Crippen molar-refractivity contribution in [2.24, 2.45) is 0 Å². The summed E-state index contributed by atoms with van der Waals surface area (Å²) in [6, 6.07) is 38.2. The molecule has 12 heteroatoms. The van der Waals surface area contributed by atoms with Crippen LogP contribution in [-0.2, 0) is 59.1 Å². The van der Waals surface area contributed by atoms with Crippen molar-refractivity contribution >= 4 is 20.0 Å². The van der Waals surface area contributed by atoms with Crippen LogP contribution in [0.25, 0.3) is 11.1 Å². The van der Waals surface area contributed by atoms with Gasteiger partial charge in [0.2, 0.25) is 20.0 Å². The number of fused-ring (bicyclic) bond motifs is 2. The van der Waals surface area contributed by atoms with Gasteiger partial charge in [0.15, 0.2) is 0 Å². The van der Waals surface area contributed by atoms with E-state index in [9.17, 15) is 16.8 Å². The first-order valence-electron chi connectivity index (χ1n) is 20.3. The van der Waals surface area contributed by atoms with Gasteiger partial charge in [-0.15, -0.1) is 0 Å². The Kier molecular flexibility index (Phi) is 12.4. The van der Waals surface area contributed by atoms with Gasteiger partial charge >= 0.3 is 0 Å². The van der Waals surface area contributed by atoms with Crippen LogP contribution in [0.1, 0.15) is 82.5 Å². The molecule has 2 unspecified atom stereocenters. The number of nitrogens with one attached hydrogen (secondary N) is 3. The predicted octanol–water partition coefficient (Wildman–Crippen LogP) is 7.78. The van der Waals surface area contributed by atoms with E-state index < -0.39 is 20.0 Å². The van der Waals surface area contributed by atoms with Gasteiger partial charge in [-0.3, -0.25) is 9.97 Å². The second kappa shape index (κ2) is 18.0. The third kappa shape index (κ3) is 9.54. The van der Waals surface area contributed by atoms with Crippen LogP contribution in [0.15, 0.2) is 144 Å². The lowest BCUT2D eigenvalue weighted by atomic mass is 9.86. The molecule has 2 aliphatic rings. The maximum absolute atomic E-state index is 13.2. The lowest BCUT2D eigenvalue weighted by Crippen LogP contribution is -2.27. The highest BCUT2D eigenvalue weighted by Crippen LogP contribution is 2.35. The van der Waals surface area contributed by atoms with Crippen molar-refractivity contribution in [2.75, 3.05) is 7.05 Å². The van der Waals surface area contributed by atoms with Gasteiger partial charge in [0.05, 0.1) is 33.3 Å². The summed E-state index contributed by atoms with van der Waals surface area (Å²) in [5, 5.41) is 7.28. The molecule has 2 aromatic heterocycles. The Morgan fingerprint density at radius 1 is 0.593 bits per heavy atom. The average molecular weight is 827 g/mol. The van der Waals surface area contributed by atoms with Gasteiger partial charge in [-0.05, 0) is 119 Å². The summed E-state index contributed by atoms with van der Waals surface area (Å²) in [4.78, 5) is 9.93. The van der Waals surface area contributed by atoms with Crippen LogP contribution in [0.4, 0.5) is 0 Å². The first kappa shape index (κ1) is 40.7. The maximum atomic E-state index is 13.2. The van der Waals surface area contributed by atoms with E-state index >= 15 is 0 Å². The first-order valence-corrected chi connectivity index (χ1v) is 23.2. The van der Waals surface area contributed by atoms with Crippen molar-refractivity contribution in [1.82, 2.24) is 29.6 Å². The largest absolute Gasteiger partial charge is 0.305 e. The minimum atomic E-state index is -3.70. The molecule has 0 saturated heterocycles. The number of benzene rings is 4. The Bertz CT molecular complexity index is 2590. The SMILES string of the molecule is CN(Cc1ccccc1)S(=O)(=O)c1ccc(CNC2CCCc3c(-c4ccc(CNS(=O)(=O)c5ccc(CNC6CCCc7cccnc76)cc5)cc4)ccnc32)cc1. The molecule has 2 heterocycles. The van der Waals surface area contributed by atoms with E-state index in [4.69, 9.17) is 4.98 Å². The molecule has 2 atom stereocenters. The summed E-state index contributed by atoms with van der Waals surface area (Å²) in [7, 11) is -5.73. The Hall–Kier alpha value is -5.08. The Morgan fingerprint density at radius 2 is 1.19 bits per heavy atom. The fourth-order valence-corrected chi connectivity index (χ4v) is 10.4. The van der Waals surface area contributed by atoms with Crippen molar-refractivity contribution in [3.63, 3.8) is 0 Å². The van der Waals surface area contributed by atoms with Crippen molar-refractivity contribution < 1.29 is 16.8 Å². The van der Waals surface area contributed by atoms with Crippen LogP contribution in [0.3, 0.4) is 0 Å². The molecule has 0 radical (unpaired) electrons. The van der Waals surface area contributed by atoms with E-state index in [0.29, 0.717) is 19.6 Å². The molecule has 59 heavy (non-hydrogen) atoms. The summed E-state index contributed by atoms with van der Waals surface area (Å²) in [5.41, 5.74) is 10.7. The zero-order valence-corrected chi connectivity index (χ0v) is 34.9. The molecule has 0 amide bonds. The van der Waals surface area contributed by atoms with Crippen LogP contribution in [-0.4, -0.2) is 38.2 Å². The van der Waals surface area contributed by atoms with Gasteiger partial charge in [0.25, 0.3) is 0 Å². The van der Waals surface area contributed by atoms with Crippen LogP contribution >= 0.6 is 0 Å². The molecule has 6 aromatic rings. The van der Waals surface area contributed by atoms with E-state index in [-0.39, 0.29) is 28.4 Å². The zero-order valence-electron chi connectivity index (χ0n) is 33.2. The number of aromatic nitrogens is 2. The van der Waals surface area contributed by atoms with Gasteiger partial charge < -0.3 is 10.6 Å². The van der Waals surface area contributed by atoms with Crippen LogP contribution in [0, 0.1) is 0 Å². The van der Waals surface area contributed by atoms with Gasteiger partial charge in [-0.1, -0.05) is 84.9 Å². The number of hydrogen-bond donors (Lipinski definition) is 3. The van der Waals surface area contributed by atoms with Crippen molar-refractivity contribution in [3.8, 4) is 11.1 Å². The molecular formula is C47H50N6O4S2. The first-order chi connectivity index (χ1) is 28.6. The van der Waals surface area contributed by atoms with Crippen LogP contribution in [0.5, 0.6) is 0 Å². The highest BCUT2D eigenvalue weighted by Gasteiger charge is 2.25. The highest BCUT2D eigenvalue weighted by atomic mass is 32.2. The zero-order chi connectivity index (χ0) is 40.8. The second-order valence-electron chi connectivity index (χ2n) is 15.5. The monoisotopic (exact) mass is 826 g/mol. The number of pyridine rings is 2. The van der Waals surface area contributed by atoms with Gasteiger partial charge in [0, 0.05) is 45.6 Å². The van der Waals surface area contributed by atoms with Gasteiger partial charge in [-0.2, -0.15) is 4.31 Å². The fraction of sp³-hybridized carbons (Fsp3) is 0.277. The Balaban J connectivity index is 0.853. The average Bonchev–Trinajstić information content (AvgIpc) is 3.27. The predicted molar refractivity (Wildman–Crippen MR) is 231 cm³/mol. The summed E-state index contributed by atoms with van der Waals surface area (Å²) in [6.45, 7) is 1.70. The lowest BCUT2D eigenvalue weighted by molar-refractivity contribution is 0.447. The molecule has 4 aromatic carbocycles. The molecule has 2 aliphatic carbocycles. The summed E-state index contributed by atoms with van der Waals surface area (Å²) < 4.78 is 57.1. The maximum Gasteiger partial charge on any atom is 0.243 e. The third-order valence-electron chi connectivity index (χ3n) is 11.5. The molecule has 0 aliphatic heterocycles. The van der Waals surface area contributed by atoms with E-state index in [1.165, 1.54) is 15.4 Å². The molecule has 0 saturated carbocycles. The van der Waals surface area contributed by atoms with Gasteiger partial charge in [-0.25, -0.2) is 21.6 Å². The minimum Gasteiger partial charge on any atom is -0.305 e. The van der Waals surface area contributed by atoms with E-state index in [1.54, 1.807) is 31.3 Å². The number of sulfonamides is 2. The molecule has 3 N–H and O–H groups in total. The minimum absolute atomic E-state index is 0.0600. The van der Waals surface area contributed by atoms with Crippen LogP contribution in [0.2, 0.25) is 0 Å². The fourth-order valence-electron chi connectivity index (χ4n) is 8.19. The number of aryl methyl sites for hydroxylation is 1. The van der Waals surface area contributed by atoms with Crippen molar-refractivity contribution in [3.05, 3.63) is 178 Å². The summed E-state index contributed by atoms with van der Waals surface area (Å²) in [5.74, 6) is 0. The molecular weight excluding hydrogens is 777 g/mol. The quantitative estimate of drug-likeness (QED) is 0.0957. The topological polar surface area (TPSA) is 133 Å². The molecule has 0 fully saturated rings. The van der Waals surface area contributed by atoms with E-state index in [0.717, 1.165) is 83.3 Å². The number of nitrogens with zero attached hydrogens (tertiary/aromatic N) is 3. The number of rotatable bonds is 15.